The standard InChI is InChI=1S/C17H15NS/c1-12-10-15(11-19-12)17-5-3-4-16(13(17)2)14-6-8-18-9-7-14/h3-11H,1-2H3. The molecule has 94 valence electrons. The summed E-state index contributed by atoms with van der Waals surface area (Å²) in [5, 5.41) is 2.23. The van der Waals surface area contributed by atoms with E-state index in [1.165, 1.54) is 32.7 Å². The molecule has 0 spiro atoms. The SMILES string of the molecule is Cc1cc(-c2cccc(-c3ccncc3)c2C)cs1. The topological polar surface area (TPSA) is 12.9 Å². The Hall–Kier alpha value is -1.93. The summed E-state index contributed by atoms with van der Waals surface area (Å²) < 4.78 is 0. The normalized spacial score (nSPS) is 10.6. The van der Waals surface area contributed by atoms with E-state index in [1.54, 1.807) is 11.3 Å². The van der Waals surface area contributed by atoms with Crippen molar-refractivity contribution in [2.75, 3.05) is 0 Å². The molecule has 2 heterocycles. The van der Waals surface area contributed by atoms with Crippen molar-refractivity contribution < 1.29 is 0 Å². The zero-order valence-corrected chi connectivity index (χ0v) is 11.9. The van der Waals surface area contributed by atoms with Crippen LogP contribution in [0.5, 0.6) is 0 Å². The van der Waals surface area contributed by atoms with E-state index in [9.17, 15) is 0 Å². The Labute approximate surface area is 117 Å². The monoisotopic (exact) mass is 265 g/mol. The first-order valence-electron chi connectivity index (χ1n) is 6.31. The molecule has 0 aliphatic heterocycles. The van der Waals surface area contributed by atoms with Crippen LogP contribution in [0.3, 0.4) is 0 Å². The van der Waals surface area contributed by atoms with Crippen molar-refractivity contribution in [3.05, 3.63) is 64.6 Å². The largest absolute Gasteiger partial charge is 0.265 e. The molecule has 2 aromatic heterocycles. The van der Waals surface area contributed by atoms with Gasteiger partial charge in [-0.25, -0.2) is 0 Å². The number of hydrogen-bond donors (Lipinski definition) is 0. The average molecular weight is 265 g/mol. The fourth-order valence-electron chi connectivity index (χ4n) is 2.38. The third-order valence-electron chi connectivity index (χ3n) is 3.37. The quantitative estimate of drug-likeness (QED) is 0.628. The molecule has 19 heavy (non-hydrogen) atoms. The highest BCUT2D eigenvalue weighted by Gasteiger charge is 2.08. The summed E-state index contributed by atoms with van der Waals surface area (Å²) in [5.41, 5.74) is 6.46. The molecule has 1 nitrogen and oxygen atoms in total. The van der Waals surface area contributed by atoms with Crippen LogP contribution in [0.1, 0.15) is 10.4 Å². The van der Waals surface area contributed by atoms with Gasteiger partial charge in [-0.3, -0.25) is 4.98 Å². The molecule has 0 atom stereocenters. The summed E-state index contributed by atoms with van der Waals surface area (Å²) in [7, 11) is 0. The number of aryl methyl sites for hydroxylation is 1. The van der Waals surface area contributed by atoms with Crippen LogP contribution in [-0.2, 0) is 0 Å². The average Bonchev–Trinajstić information content (AvgIpc) is 2.86. The van der Waals surface area contributed by atoms with Gasteiger partial charge in [-0.15, -0.1) is 11.3 Å². The molecule has 3 rings (SSSR count). The summed E-state index contributed by atoms with van der Waals surface area (Å²) >= 11 is 1.80. The van der Waals surface area contributed by atoms with Gasteiger partial charge in [-0.2, -0.15) is 0 Å². The highest BCUT2D eigenvalue weighted by Crippen LogP contribution is 2.33. The first-order chi connectivity index (χ1) is 9.25. The van der Waals surface area contributed by atoms with E-state index in [-0.39, 0.29) is 0 Å². The maximum absolute atomic E-state index is 4.09. The molecule has 0 N–H and O–H groups in total. The third-order valence-corrected chi connectivity index (χ3v) is 4.23. The second kappa shape index (κ2) is 4.98. The van der Waals surface area contributed by atoms with E-state index in [0.29, 0.717) is 0 Å². The van der Waals surface area contributed by atoms with E-state index in [4.69, 9.17) is 0 Å². The summed E-state index contributed by atoms with van der Waals surface area (Å²) in [6.45, 7) is 4.34. The van der Waals surface area contributed by atoms with Crippen molar-refractivity contribution in [3.63, 3.8) is 0 Å². The molecule has 3 aromatic rings. The maximum atomic E-state index is 4.09. The Kier molecular flexibility index (Phi) is 3.18. The van der Waals surface area contributed by atoms with Gasteiger partial charge in [-0.05, 0) is 65.2 Å². The first kappa shape index (κ1) is 12.1. The minimum atomic E-state index is 1.22. The van der Waals surface area contributed by atoms with Crippen molar-refractivity contribution in [2.45, 2.75) is 13.8 Å². The zero-order valence-electron chi connectivity index (χ0n) is 11.1. The summed E-state index contributed by atoms with van der Waals surface area (Å²) in [5.74, 6) is 0. The van der Waals surface area contributed by atoms with Crippen LogP contribution < -0.4 is 0 Å². The molecule has 0 aliphatic rings. The number of benzene rings is 1. The predicted molar refractivity (Wildman–Crippen MR) is 82.5 cm³/mol. The van der Waals surface area contributed by atoms with E-state index >= 15 is 0 Å². The zero-order chi connectivity index (χ0) is 13.2. The van der Waals surface area contributed by atoms with Crippen molar-refractivity contribution in [3.8, 4) is 22.3 Å². The number of thiophene rings is 1. The van der Waals surface area contributed by atoms with E-state index < -0.39 is 0 Å². The minimum absolute atomic E-state index is 1.22. The molecule has 0 saturated carbocycles. The van der Waals surface area contributed by atoms with Crippen molar-refractivity contribution in [1.29, 1.82) is 0 Å². The number of pyridine rings is 1. The van der Waals surface area contributed by atoms with Crippen LogP contribution in [0, 0.1) is 13.8 Å². The van der Waals surface area contributed by atoms with Crippen molar-refractivity contribution in [2.24, 2.45) is 0 Å². The van der Waals surface area contributed by atoms with Crippen LogP contribution >= 0.6 is 11.3 Å². The molecule has 0 saturated heterocycles. The van der Waals surface area contributed by atoms with Gasteiger partial charge in [-0.1, -0.05) is 18.2 Å². The van der Waals surface area contributed by atoms with Crippen molar-refractivity contribution in [1.82, 2.24) is 4.98 Å². The lowest BCUT2D eigenvalue weighted by molar-refractivity contribution is 1.32. The molecule has 0 amide bonds. The lowest BCUT2D eigenvalue weighted by Gasteiger charge is -2.10. The maximum Gasteiger partial charge on any atom is 0.0273 e. The Balaban J connectivity index is 2.14. The Morgan fingerprint density at radius 1 is 0.895 bits per heavy atom. The van der Waals surface area contributed by atoms with Crippen LogP contribution in [0.15, 0.2) is 54.2 Å². The van der Waals surface area contributed by atoms with Gasteiger partial charge < -0.3 is 0 Å². The molecule has 0 aliphatic carbocycles. The molecule has 0 unspecified atom stereocenters. The van der Waals surface area contributed by atoms with Gasteiger partial charge in [0.15, 0.2) is 0 Å². The highest BCUT2D eigenvalue weighted by molar-refractivity contribution is 7.10. The lowest BCUT2D eigenvalue weighted by Crippen LogP contribution is -1.87. The second-order valence-corrected chi connectivity index (χ2v) is 5.78. The van der Waals surface area contributed by atoms with E-state index in [0.717, 1.165) is 0 Å². The Bertz CT molecular complexity index is 698. The molecule has 1 aromatic carbocycles. The second-order valence-electron chi connectivity index (χ2n) is 4.66. The molecular formula is C17H15NS. The van der Waals surface area contributed by atoms with Gasteiger partial charge >= 0.3 is 0 Å². The molecule has 0 fully saturated rings. The van der Waals surface area contributed by atoms with Gasteiger partial charge in [0.2, 0.25) is 0 Å². The number of hydrogen-bond acceptors (Lipinski definition) is 2. The fraction of sp³-hybridized carbons (Fsp3) is 0.118. The highest BCUT2D eigenvalue weighted by atomic mass is 32.1. The smallest absolute Gasteiger partial charge is 0.0273 e. The van der Waals surface area contributed by atoms with Crippen LogP contribution in [0.4, 0.5) is 0 Å². The van der Waals surface area contributed by atoms with Crippen molar-refractivity contribution >= 4 is 11.3 Å². The van der Waals surface area contributed by atoms with Gasteiger partial charge in [0.25, 0.3) is 0 Å². The van der Waals surface area contributed by atoms with Gasteiger partial charge in [0, 0.05) is 17.3 Å². The van der Waals surface area contributed by atoms with E-state index in [2.05, 4.69) is 60.6 Å². The first-order valence-corrected chi connectivity index (χ1v) is 7.19. The van der Waals surface area contributed by atoms with Crippen LogP contribution in [0.25, 0.3) is 22.3 Å². The fourth-order valence-corrected chi connectivity index (χ4v) is 3.08. The third kappa shape index (κ3) is 2.32. The lowest BCUT2D eigenvalue weighted by atomic mass is 9.94. The van der Waals surface area contributed by atoms with Gasteiger partial charge in [0.1, 0.15) is 0 Å². The Morgan fingerprint density at radius 3 is 2.21 bits per heavy atom. The van der Waals surface area contributed by atoms with Crippen LogP contribution in [0.2, 0.25) is 0 Å². The Morgan fingerprint density at radius 2 is 1.58 bits per heavy atom. The summed E-state index contributed by atoms with van der Waals surface area (Å²) in [6.07, 6.45) is 3.69. The molecule has 0 bridgehead atoms. The summed E-state index contributed by atoms with van der Waals surface area (Å²) in [6, 6.07) is 12.9. The van der Waals surface area contributed by atoms with Gasteiger partial charge in [0.05, 0.1) is 0 Å². The molecule has 2 heteroatoms. The minimum Gasteiger partial charge on any atom is -0.265 e. The van der Waals surface area contributed by atoms with Crippen LogP contribution in [-0.4, -0.2) is 4.98 Å². The number of rotatable bonds is 2. The number of nitrogens with zero attached hydrogens (tertiary/aromatic N) is 1. The number of aromatic nitrogens is 1. The molecular weight excluding hydrogens is 250 g/mol. The van der Waals surface area contributed by atoms with E-state index in [1.807, 2.05) is 12.4 Å². The summed E-state index contributed by atoms with van der Waals surface area (Å²) in [4.78, 5) is 5.44. The molecule has 0 radical (unpaired) electrons. The predicted octanol–water partition coefficient (Wildman–Crippen LogP) is 5.09.